The lowest BCUT2D eigenvalue weighted by Gasteiger charge is -2.16. The average Bonchev–Trinajstić information content (AvgIpc) is 3.16. The van der Waals surface area contributed by atoms with E-state index in [9.17, 15) is 13.6 Å². The number of hydrogen-bond acceptors (Lipinski definition) is 5. The average molecular weight is 359 g/mol. The standard InChI is InChI=1S/C17H15F2N5O2/c1-11(12-3-2-4-14(7-12)26-17(18)19)23-16(25)13-5-6-21-15(8-13)24-10-20-9-22-24/h2-11,17H,1H3,(H,23,25). The van der Waals surface area contributed by atoms with Crippen LogP contribution in [0.5, 0.6) is 5.75 Å². The van der Waals surface area contributed by atoms with Crippen LogP contribution in [0, 0.1) is 0 Å². The molecule has 0 saturated heterocycles. The van der Waals surface area contributed by atoms with Crippen LogP contribution in [-0.4, -0.2) is 32.3 Å². The summed E-state index contributed by atoms with van der Waals surface area (Å²) in [5.74, 6) is 0.160. The highest BCUT2D eigenvalue weighted by Crippen LogP contribution is 2.21. The Morgan fingerprint density at radius 3 is 2.85 bits per heavy atom. The third-order valence-electron chi connectivity index (χ3n) is 3.59. The fourth-order valence-electron chi connectivity index (χ4n) is 2.33. The van der Waals surface area contributed by atoms with Gasteiger partial charge in [-0.1, -0.05) is 12.1 Å². The number of pyridine rings is 1. The van der Waals surface area contributed by atoms with Crippen LogP contribution >= 0.6 is 0 Å². The Morgan fingerprint density at radius 2 is 2.12 bits per heavy atom. The van der Waals surface area contributed by atoms with Crippen LogP contribution in [0.4, 0.5) is 8.78 Å². The first-order valence-corrected chi connectivity index (χ1v) is 7.69. The van der Waals surface area contributed by atoms with Gasteiger partial charge in [0.15, 0.2) is 5.82 Å². The first kappa shape index (κ1) is 17.5. The smallest absolute Gasteiger partial charge is 0.387 e. The van der Waals surface area contributed by atoms with Crippen molar-refractivity contribution in [2.45, 2.75) is 19.6 Å². The van der Waals surface area contributed by atoms with Gasteiger partial charge in [0.2, 0.25) is 0 Å². The highest BCUT2D eigenvalue weighted by Gasteiger charge is 2.14. The van der Waals surface area contributed by atoms with Gasteiger partial charge in [0, 0.05) is 11.8 Å². The van der Waals surface area contributed by atoms with E-state index in [1.54, 1.807) is 31.2 Å². The third kappa shape index (κ3) is 4.18. The number of ether oxygens (including phenoxy) is 1. The van der Waals surface area contributed by atoms with Crippen molar-refractivity contribution in [2.75, 3.05) is 0 Å². The molecule has 0 aliphatic carbocycles. The second kappa shape index (κ2) is 7.68. The summed E-state index contributed by atoms with van der Waals surface area (Å²) in [5, 5.41) is 6.78. The monoisotopic (exact) mass is 359 g/mol. The predicted octanol–water partition coefficient (Wildman–Crippen LogP) is 2.75. The van der Waals surface area contributed by atoms with Gasteiger partial charge < -0.3 is 10.1 Å². The molecule has 0 fully saturated rings. The number of rotatable bonds is 6. The van der Waals surface area contributed by atoms with Crippen molar-refractivity contribution < 1.29 is 18.3 Å². The predicted molar refractivity (Wildman–Crippen MR) is 88.1 cm³/mol. The Labute approximate surface area is 147 Å². The summed E-state index contributed by atoms with van der Waals surface area (Å²) in [6, 6.07) is 8.93. The maximum absolute atomic E-state index is 12.5. The molecule has 9 heteroatoms. The molecule has 26 heavy (non-hydrogen) atoms. The molecule has 1 N–H and O–H groups in total. The van der Waals surface area contributed by atoms with Crippen molar-refractivity contribution in [1.82, 2.24) is 25.1 Å². The van der Waals surface area contributed by atoms with E-state index in [-0.39, 0.29) is 11.7 Å². The van der Waals surface area contributed by atoms with E-state index < -0.39 is 12.7 Å². The Bertz CT molecular complexity index is 886. The summed E-state index contributed by atoms with van der Waals surface area (Å²) in [5.41, 5.74) is 1.03. The number of benzene rings is 1. The summed E-state index contributed by atoms with van der Waals surface area (Å²) in [4.78, 5) is 20.4. The van der Waals surface area contributed by atoms with E-state index >= 15 is 0 Å². The van der Waals surface area contributed by atoms with Gasteiger partial charge >= 0.3 is 6.61 Å². The number of halogens is 2. The van der Waals surface area contributed by atoms with E-state index in [0.29, 0.717) is 16.9 Å². The molecular weight excluding hydrogens is 344 g/mol. The molecule has 0 bridgehead atoms. The van der Waals surface area contributed by atoms with E-state index in [0.717, 1.165) is 0 Å². The van der Waals surface area contributed by atoms with Crippen LogP contribution in [0.3, 0.4) is 0 Å². The molecule has 2 heterocycles. The fourth-order valence-corrected chi connectivity index (χ4v) is 2.33. The molecule has 3 rings (SSSR count). The summed E-state index contributed by atoms with van der Waals surface area (Å²) >= 11 is 0. The summed E-state index contributed by atoms with van der Waals surface area (Å²) in [6.45, 7) is -1.15. The van der Waals surface area contributed by atoms with Gasteiger partial charge in [-0.3, -0.25) is 4.79 Å². The molecule has 1 amide bonds. The van der Waals surface area contributed by atoms with Crippen LogP contribution in [0.25, 0.3) is 5.82 Å². The van der Waals surface area contributed by atoms with Crippen LogP contribution in [-0.2, 0) is 0 Å². The Morgan fingerprint density at radius 1 is 1.27 bits per heavy atom. The minimum atomic E-state index is -2.90. The quantitative estimate of drug-likeness (QED) is 0.732. The lowest BCUT2D eigenvalue weighted by atomic mass is 10.1. The molecule has 2 aromatic heterocycles. The summed E-state index contributed by atoms with van der Waals surface area (Å²) < 4.78 is 30.5. The van der Waals surface area contributed by atoms with Crippen LogP contribution in [0.1, 0.15) is 28.9 Å². The molecular formula is C17H15F2N5O2. The number of carbonyl (C=O) groups excluding carboxylic acids is 1. The van der Waals surface area contributed by atoms with Crippen LogP contribution in [0.15, 0.2) is 55.2 Å². The zero-order valence-corrected chi connectivity index (χ0v) is 13.7. The molecule has 0 saturated carbocycles. The van der Waals surface area contributed by atoms with E-state index in [1.165, 1.54) is 35.7 Å². The lowest BCUT2D eigenvalue weighted by molar-refractivity contribution is -0.0499. The van der Waals surface area contributed by atoms with Gasteiger partial charge in [-0.25, -0.2) is 14.6 Å². The molecule has 1 aromatic carbocycles. The van der Waals surface area contributed by atoms with Crippen molar-refractivity contribution in [2.24, 2.45) is 0 Å². The molecule has 0 spiro atoms. The van der Waals surface area contributed by atoms with Gasteiger partial charge in [0.05, 0.1) is 6.04 Å². The normalized spacial score (nSPS) is 12.0. The zero-order valence-electron chi connectivity index (χ0n) is 13.7. The molecule has 1 unspecified atom stereocenters. The maximum atomic E-state index is 12.5. The minimum absolute atomic E-state index is 0.0379. The van der Waals surface area contributed by atoms with Gasteiger partial charge in [-0.05, 0) is 36.8 Å². The Kier molecular flexibility index (Phi) is 5.16. The summed E-state index contributed by atoms with van der Waals surface area (Å²) in [7, 11) is 0. The lowest BCUT2D eigenvalue weighted by Crippen LogP contribution is -2.26. The largest absolute Gasteiger partial charge is 0.435 e. The first-order valence-electron chi connectivity index (χ1n) is 7.69. The Hall–Kier alpha value is -3.36. The number of carbonyl (C=O) groups is 1. The van der Waals surface area contributed by atoms with E-state index in [4.69, 9.17) is 0 Å². The number of nitrogens with one attached hydrogen (secondary N) is 1. The topological polar surface area (TPSA) is 81.9 Å². The van der Waals surface area contributed by atoms with E-state index in [1.807, 2.05) is 0 Å². The highest BCUT2D eigenvalue weighted by atomic mass is 19.3. The van der Waals surface area contributed by atoms with Crippen LogP contribution < -0.4 is 10.1 Å². The third-order valence-corrected chi connectivity index (χ3v) is 3.59. The minimum Gasteiger partial charge on any atom is -0.435 e. The zero-order chi connectivity index (χ0) is 18.5. The SMILES string of the molecule is CC(NC(=O)c1ccnc(-n2cncn2)c1)c1cccc(OC(F)F)c1. The molecule has 0 aliphatic rings. The first-order chi connectivity index (χ1) is 12.5. The van der Waals surface area contributed by atoms with Gasteiger partial charge in [-0.15, -0.1) is 0 Å². The molecule has 0 aliphatic heterocycles. The van der Waals surface area contributed by atoms with Gasteiger partial charge in [0.1, 0.15) is 18.4 Å². The number of hydrogen-bond donors (Lipinski definition) is 1. The van der Waals surface area contributed by atoms with E-state index in [2.05, 4.69) is 25.1 Å². The molecule has 1 atom stereocenters. The Balaban J connectivity index is 1.73. The number of aromatic nitrogens is 4. The second-order valence-corrected chi connectivity index (χ2v) is 5.39. The fraction of sp³-hybridized carbons (Fsp3) is 0.176. The van der Waals surface area contributed by atoms with Crippen LogP contribution in [0.2, 0.25) is 0 Å². The van der Waals surface area contributed by atoms with Crippen molar-refractivity contribution in [3.63, 3.8) is 0 Å². The van der Waals surface area contributed by atoms with Gasteiger partial charge in [0.25, 0.3) is 5.91 Å². The van der Waals surface area contributed by atoms with Crippen molar-refractivity contribution in [3.05, 3.63) is 66.4 Å². The second-order valence-electron chi connectivity index (χ2n) is 5.39. The number of nitrogens with zero attached hydrogens (tertiary/aromatic N) is 4. The maximum Gasteiger partial charge on any atom is 0.387 e. The number of alkyl halides is 2. The van der Waals surface area contributed by atoms with Gasteiger partial charge in [-0.2, -0.15) is 13.9 Å². The summed E-state index contributed by atoms with van der Waals surface area (Å²) in [6.07, 6.45) is 4.33. The highest BCUT2D eigenvalue weighted by molar-refractivity contribution is 5.94. The molecule has 7 nitrogen and oxygen atoms in total. The molecule has 3 aromatic rings. The van der Waals surface area contributed by atoms with Crippen molar-refractivity contribution >= 4 is 5.91 Å². The molecule has 134 valence electrons. The number of amides is 1. The van der Waals surface area contributed by atoms with Crippen molar-refractivity contribution in [1.29, 1.82) is 0 Å². The molecule has 0 radical (unpaired) electrons. The van der Waals surface area contributed by atoms with Crippen molar-refractivity contribution in [3.8, 4) is 11.6 Å².